The van der Waals surface area contributed by atoms with Crippen LogP contribution in [0.5, 0.6) is 5.75 Å². The lowest BCUT2D eigenvalue weighted by Crippen LogP contribution is -2.05. The zero-order valence-electron chi connectivity index (χ0n) is 11.5. The van der Waals surface area contributed by atoms with Crippen LogP contribution in [0, 0.1) is 6.92 Å². The highest BCUT2D eigenvalue weighted by molar-refractivity contribution is 5.71. The number of hydrogen-bond acceptors (Lipinski definition) is 4. The van der Waals surface area contributed by atoms with Crippen LogP contribution in [-0.4, -0.2) is 11.1 Å². The Hall–Kier alpha value is -2.23. The molecule has 4 heteroatoms. The van der Waals surface area contributed by atoms with E-state index in [2.05, 4.69) is 10.3 Å². The minimum absolute atomic E-state index is 0.174. The van der Waals surface area contributed by atoms with Gasteiger partial charge in [-0.15, -0.1) is 0 Å². The third kappa shape index (κ3) is 3.37. The summed E-state index contributed by atoms with van der Waals surface area (Å²) in [6.07, 6.45) is 1.91. The van der Waals surface area contributed by atoms with E-state index in [4.69, 9.17) is 10.5 Å². The van der Waals surface area contributed by atoms with Crippen molar-refractivity contribution in [3.8, 4) is 5.75 Å². The summed E-state index contributed by atoms with van der Waals surface area (Å²) in [6, 6.07) is 9.63. The van der Waals surface area contributed by atoms with E-state index in [0.717, 1.165) is 17.0 Å². The monoisotopic (exact) mass is 257 g/mol. The normalized spacial score (nSPS) is 10.5. The van der Waals surface area contributed by atoms with Crippen LogP contribution in [-0.2, 0) is 0 Å². The fraction of sp³-hybridized carbons (Fsp3) is 0.267. The molecule has 4 nitrogen and oxygen atoms in total. The molecule has 0 bridgehead atoms. The number of rotatable bonds is 4. The Morgan fingerprint density at radius 2 is 1.84 bits per heavy atom. The van der Waals surface area contributed by atoms with Gasteiger partial charge in [-0.3, -0.25) is 0 Å². The Bertz CT molecular complexity index is 550. The second kappa shape index (κ2) is 5.61. The van der Waals surface area contributed by atoms with Gasteiger partial charge in [-0.2, -0.15) is 0 Å². The van der Waals surface area contributed by atoms with Gasteiger partial charge in [0.05, 0.1) is 11.8 Å². The first-order valence-corrected chi connectivity index (χ1v) is 6.31. The topological polar surface area (TPSA) is 60.2 Å². The molecule has 0 spiro atoms. The van der Waals surface area contributed by atoms with Crippen molar-refractivity contribution in [2.45, 2.75) is 26.9 Å². The maximum atomic E-state index is 5.98. The number of nitrogens with one attached hydrogen (secondary N) is 1. The number of aryl methyl sites for hydroxylation is 1. The molecule has 0 saturated heterocycles. The molecular weight excluding hydrogens is 238 g/mol. The molecule has 0 fully saturated rings. The fourth-order valence-corrected chi connectivity index (χ4v) is 1.70. The van der Waals surface area contributed by atoms with Crippen molar-refractivity contribution in [1.82, 2.24) is 4.98 Å². The average Bonchev–Trinajstić information content (AvgIpc) is 2.37. The van der Waals surface area contributed by atoms with Crippen LogP contribution in [0.3, 0.4) is 0 Å². The lowest BCUT2D eigenvalue weighted by molar-refractivity contribution is 0.242. The summed E-state index contributed by atoms with van der Waals surface area (Å²) < 4.78 is 5.59. The Morgan fingerprint density at radius 1 is 1.16 bits per heavy atom. The Kier molecular flexibility index (Phi) is 3.90. The van der Waals surface area contributed by atoms with Crippen molar-refractivity contribution in [1.29, 1.82) is 0 Å². The van der Waals surface area contributed by atoms with E-state index >= 15 is 0 Å². The maximum Gasteiger partial charge on any atom is 0.153 e. The molecule has 0 aliphatic heterocycles. The molecule has 3 N–H and O–H groups in total. The summed E-state index contributed by atoms with van der Waals surface area (Å²) in [5.74, 6) is 1.53. The fourth-order valence-electron chi connectivity index (χ4n) is 1.70. The zero-order chi connectivity index (χ0) is 13.8. The van der Waals surface area contributed by atoms with Gasteiger partial charge in [0.15, 0.2) is 5.82 Å². The summed E-state index contributed by atoms with van der Waals surface area (Å²) >= 11 is 0. The molecule has 0 aliphatic carbocycles. The molecule has 0 atom stereocenters. The molecule has 0 amide bonds. The molecule has 1 aromatic heterocycles. The minimum atomic E-state index is 0.174. The summed E-state index contributed by atoms with van der Waals surface area (Å²) in [5, 5.41) is 3.20. The van der Waals surface area contributed by atoms with Crippen LogP contribution < -0.4 is 15.8 Å². The first-order valence-electron chi connectivity index (χ1n) is 6.31. The van der Waals surface area contributed by atoms with E-state index in [-0.39, 0.29) is 6.10 Å². The summed E-state index contributed by atoms with van der Waals surface area (Å²) in [7, 11) is 0. The van der Waals surface area contributed by atoms with Crippen LogP contribution in [0.4, 0.5) is 17.2 Å². The van der Waals surface area contributed by atoms with Crippen LogP contribution >= 0.6 is 0 Å². The number of ether oxygens (including phenoxy) is 1. The highest BCUT2D eigenvalue weighted by atomic mass is 16.5. The number of hydrogen-bond donors (Lipinski definition) is 2. The Balaban J connectivity index is 2.13. The smallest absolute Gasteiger partial charge is 0.153 e. The molecule has 19 heavy (non-hydrogen) atoms. The molecule has 1 aromatic carbocycles. The van der Waals surface area contributed by atoms with Gasteiger partial charge in [0, 0.05) is 11.9 Å². The zero-order valence-corrected chi connectivity index (χ0v) is 11.5. The van der Waals surface area contributed by atoms with Crippen LogP contribution in [0.2, 0.25) is 0 Å². The number of nitrogens with two attached hydrogens (primary N) is 1. The highest BCUT2D eigenvalue weighted by Gasteiger charge is 2.04. The van der Waals surface area contributed by atoms with Crippen molar-refractivity contribution in [2.24, 2.45) is 0 Å². The molecule has 0 unspecified atom stereocenters. The number of nitrogen functional groups attached to an aromatic ring is 1. The molecule has 1 heterocycles. The first kappa shape index (κ1) is 13.2. The minimum Gasteiger partial charge on any atom is -0.491 e. The number of pyridine rings is 1. The molecule has 0 radical (unpaired) electrons. The predicted octanol–water partition coefficient (Wildman–Crippen LogP) is 3.50. The van der Waals surface area contributed by atoms with Crippen molar-refractivity contribution < 1.29 is 4.74 Å². The molecule has 2 rings (SSSR count). The standard InChI is InChI=1S/C15H19N3O/c1-10(2)19-13-6-4-12(5-7-13)18-15-14(16)11(3)8-9-17-15/h4-10H,16H2,1-3H3,(H,17,18). The van der Waals surface area contributed by atoms with Gasteiger partial charge in [0.25, 0.3) is 0 Å². The average molecular weight is 257 g/mol. The van der Waals surface area contributed by atoms with E-state index in [1.165, 1.54) is 0 Å². The van der Waals surface area contributed by atoms with Gasteiger partial charge in [-0.25, -0.2) is 4.98 Å². The van der Waals surface area contributed by atoms with Gasteiger partial charge < -0.3 is 15.8 Å². The van der Waals surface area contributed by atoms with E-state index in [0.29, 0.717) is 11.5 Å². The quantitative estimate of drug-likeness (QED) is 0.880. The molecule has 2 aromatic rings. The Morgan fingerprint density at radius 3 is 2.47 bits per heavy atom. The van der Waals surface area contributed by atoms with Crippen molar-refractivity contribution in [3.63, 3.8) is 0 Å². The van der Waals surface area contributed by atoms with Crippen LogP contribution in [0.1, 0.15) is 19.4 Å². The second-order valence-corrected chi connectivity index (χ2v) is 4.71. The van der Waals surface area contributed by atoms with Crippen molar-refractivity contribution >= 4 is 17.2 Å². The molecular formula is C15H19N3O. The van der Waals surface area contributed by atoms with E-state index in [1.54, 1.807) is 6.20 Å². The molecule has 100 valence electrons. The van der Waals surface area contributed by atoms with Crippen molar-refractivity contribution in [2.75, 3.05) is 11.1 Å². The third-order valence-corrected chi connectivity index (χ3v) is 2.70. The highest BCUT2D eigenvalue weighted by Crippen LogP contribution is 2.24. The van der Waals surface area contributed by atoms with Crippen LogP contribution in [0.15, 0.2) is 36.5 Å². The van der Waals surface area contributed by atoms with Gasteiger partial charge in [-0.05, 0) is 56.7 Å². The van der Waals surface area contributed by atoms with Crippen molar-refractivity contribution in [3.05, 3.63) is 42.1 Å². The molecule has 0 saturated carbocycles. The largest absolute Gasteiger partial charge is 0.491 e. The van der Waals surface area contributed by atoms with Gasteiger partial charge >= 0.3 is 0 Å². The predicted molar refractivity (Wildman–Crippen MR) is 78.9 cm³/mol. The first-order chi connectivity index (χ1) is 9.06. The number of anilines is 3. The maximum absolute atomic E-state index is 5.98. The summed E-state index contributed by atoms with van der Waals surface area (Å²) in [6.45, 7) is 5.97. The van der Waals surface area contributed by atoms with E-state index < -0.39 is 0 Å². The lowest BCUT2D eigenvalue weighted by atomic mass is 10.2. The van der Waals surface area contributed by atoms with E-state index in [9.17, 15) is 0 Å². The second-order valence-electron chi connectivity index (χ2n) is 4.71. The number of aromatic nitrogens is 1. The summed E-state index contributed by atoms with van der Waals surface area (Å²) in [4.78, 5) is 4.24. The van der Waals surface area contributed by atoms with Crippen LogP contribution in [0.25, 0.3) is 0 Å². The Labute approximate surface area is 113 Å². The third-order valence-electron chi connectivity index (χ3n) is 2.70. The van der Waals surface area contributed by atoms with Gasteiger partial charge in [0.1, 0.15) is 5.75 Å². The molecule has 0 aliphatic rings. The van der Waals surface area contributed by atoms with Gasteiger partial charge in [-0.1, -0.05) is 0 Å². The van der Waals surface area contributed by atoms with E-state index in [1.807, 2.05) is 51.1 Å². The summed E-state index contributed by atoms with van der Waals surface area (Å²) in [5.41, 5.74) is 8.59. The lowest BCUT2D eigenvalue weighted by Gasteiger charge is -2.12. The SMILES string of the molecule is Cc1ccnc(Nc2ccc(OC(C)C)cc2)c1N. The number of benzene rings is 1. The number of nitrogens with zero attached hydrogens (tertiary/aromatic N) is 1. The van der Waals surface area contributed by atoms with Gasteiger partial charge in [0.2, 0.25) is 0 Å².